The zero-order valence-corrected chi connectivity index (χ0v) is 14.9. The van der Waals surface area contributed by atoms with Gasteiger partial charge in [-0.2, -0.15) is 0 Å². The summed E-state index contributed by atoms with van der Waals surface area (Å²) in [6.45, 7) is 1.97. The van der Waals surface area contributed by atoms with Crippen LogP contribution in [0.1, 0.15) is 20.9 Å². The predicted octanol–water partition coefficient (Wildman–Crippen LogP) is 2.29. The molecule has 2 amide bonds. The number of nitrogens with one attached hydrogen (secondary N) is 1. The first-order valence-corrected chi connectivity index (χ1v) is 8.98. The smallest absolute Gasteiger partial charge is 0.409 e. The number of hydrogen-bond donors (Lipinski definition) is 1. The first-order chi connectivity index (χ1) is 12.6. The van der Waals surface area contributed by atoms with Crippen molar-refractivity contribution in [3.05, 3.63) is 34.3 Å². The third kappa shape index (κ3) is 3.17. The van der Waals surface area contributed by atoms with Crippen LogP contribution in [0.5, 0.6) is 11.5 Å². The van der Waals surface area contributed by atoms with Crippen molar-refractivity contribution in [1.82, 2.24) is 9.88 Å². The number of fused-ring (bicyclic) bond motifs is 2. The van der Waals surface area contributed by atoms with Crippen molar-refractivity contribution in [2.75, 3.05) is 32.2 Å². The standard InChI is InChI=1S/C17H17N3O5S/c1-23-17(22)20-5-4-11-14(9-20)26-16(18-11)19-15(21)10-2-3-12-13(8-10)25-7-6-24-12/h2-3,8H,4-7,9H2,1H3,(H,18,19,21). The highest BCUT2D eigenvalue weighted by molar-refractivity contribution is 7.15. The molecule has 9 heteroatoms. The lowest BCUT2D eigenvalue weighted by atomic mass is 10.2. The van der Waals surface area contributed by atoms with E-state index in [1.807, 2.05) is 0 Å². The quantitative estimate of drug-likeness (QED) is 0.866. The van der Waals surface area contributed by atoms with E-state index in [0.29, 0.717) is 54.9 Å². The van der Waals surface area contributed by atoms with Gasteiger partial charge in [-0.25, -0.2) is 9.78 Å². The minimum atomic E-state index is -0.356. The maximum Gasteiger partial charge on any atom is 0.409 e. The average molecular weight is 375 g/mol. The van der Waals surface area contributed by atoms with E-state index >= 15 is 0 Å². The Kier molecular flexibility index (Phi) is 4.37. The molecular formula is C17H17N3O5S. The number of rotatable bonds is 2. The molecule has 4 rings (SSSR count). The van der Waals surface area contributed by atoms with Gasteiger partial charge in [-0.15, -0.1) is 0 Å². The number of methoxy groups -OCH3 is 1. The van der Waals surface area contributed by atoms with E-state index in [2.05, 4.69) is 10.3 Å². The zero-order chi connectivity index (χ0) is 18.1. The minimum absolute atomic E-state index is 0.266. The summed E-state index contributed by atoms with van der Waals surface area (Å²) < 4.78 is 15.7. The molecule has 2 aliphatic heterocycles. The van der Waals surface area contributed by atoms with Gasteiger partial charge in [-0.05, 0) is 18.2 Å². The summed E-state index contributed by atoms with van der Waals surface area (Å²) in [5.41, 5.74) is 1.38. The first-order valence-electron chi connectivity index (χ1n) is 8.16. The van der Waals surface area contributed by atoms with E-state index in [1.54, 1.807) is 23.1 Å². The van der Waals surface area contributed by atoms with E-state index in [4.69, 9.17) is 14.2 Å². The van der Waals surface area contributed by atoms with E-state index in [1.165, 1.54) is 18.4 Å². The number of ether oxygens (including phenoxy) is 3. The lowest BCUT2D eigenvalue weighted by Gasteiger charge is -2.24. The van der Waals surface area contributed by atoms with Crippen LogP contribution in [0, 0.1) is 0 Å². The third-order valence-electron chi connectivity index (χ3n) is 4.19. The van der Waals surface area contributed by atoms with Gasteiger partial charge < -0.3 is 19.1 Å². The molecule has 136 valence electrons. The number of hydrogen-bond acceptors (Lipinski definition) is 7. The normalized spacial score (nSPS) is 15.2. The SMILES string of the molecule is COC(=O)N1CCc2nc(NC(=O)c3ccc4c(c3)OCCO4)sc2C1. The van der Waals surface area contributed by atoms with Crippen molar-refractivity contribution in [2.24, 2.45) is 0 Å². The molecule has 0 saturated carbocycles. The summed E-state index contributed by atoms with van der Waals surface area (Å²) in [6.07, 6.45) is 0.284. The first kappa shape index (κ1) is 16.6. The maximum atomic E-state index is 12.5. The van der Waals surface area contributed by atoms with E-state index < -0.39 is 0 Å². The molecule has 0 spiro atoms. The number of amides is 2. The van der Waals surface area contributed by atoms with Gasteiger partial charge >= 0.3 is 6.09 Å². The van der Waals surface area contributed by atoms with Crippen molar-refractivity contribution < 1.29 is 23.8 Å². The number of nitrogens with zero attached hydrogens (tertiary/aromatic N) is 2. The van der Waals surface area contributed by atoms with Crippen LogP contribution in [0.2, 0.25) is 0 Å². The van der Waals surface area contributed by atoms with E-state index in [9.17, 15) is 9.59 Å². The second-order valence-electron chi connectivity index (χ2n) is 5.84. The molecule has 3 heterocycles. The van der Waals surface area contributed by atoms with Gasteiger partial charge in [0.1, 0.15) is 13.2 Å². The maximum absolute atomic E-state index is 12.5. The monoisotopic (exact) mass is 375 g/mol. The summed E-state index contributed by atoms with van der Waals surface area (Å²) in [6, 6.07) is 5.08. The van der Waals surface area contributed by atoms with Gasteiger partial charge in [0.25, 0.3) is 5.91 Å². The average Bonchev–Trinajstić information content (AvgIpc) is 3.08. The predicted molar refractivity (Wildman–Crippen MR) is 94.0 cm³/mol. The molecule has 0 atom stereocenters. The summed E-state index contributed by atoms with van der Waals surface area (Å²) in [7, 11) is 1.36. The number of anilines is 1. The summed E-state index contributed by atoms with van der Waals surface area (Å²) in [5, 5.41) is 3.33. The van der Waals surface area contributed by atoms with Crippen molar-refractivity contribution in [2.45, 2.75) is 13.0 Å². The molecule has 2 aliphatic rings. The lowest BCUT2D eigenvalue weighted by molar-refractivity contribution is 0.102. The molecule has 26 heavy (non-hydrogen) atoms. The molecule has 0 radical (unpaired) electrons. The third-order valence-corrected chi connectivity index (χ3v) is 5.19. The summed E-state index contributed by atoms with van der Waals surface area (Å²) in [4.78, 5) is 31.2. The molecule has 1 aromatic heterocycles. The second kappa shape index (κ2) is 6.83. The number of aromatic nitrogens is 1. The Labute approximate surface area is 153 Å². The van der Waals surface area contributed by atoms with Gasteiger partial charge in [-0.1, -0.05) is 11.3 Å². The fourth-order valence-corrected chi connectivity index (χ4v) is 3.91. The van der Waals surface area contributed by atoms with Crippen LogP contribution in [0.25, 0.3) is 0 Å². The Morgan fingerprint density at radius 2 is 2.08 bits per heavy atom. The van der Waals surface area contributed by atoms with Crippen LogP contribution in [0.3, 0.4) is 0 Å². The summed E-state index contributed by atoms with van der Waals surface area (Å²) >= 11 is 1.37. The fourth-order valence-electron chi connectivity index (χ4n) is 2.89. The van der Waals surface area contributed by atoms with Crippen LogP contribution >= 0.6 is 11.3 Å². The molecular weight excluding hydrogens is 358 g/mol. The summed E-state index contributed by atoms with van der Waals surface area (Å²) in [5.74, 6) is 0.939. The second-order valence-corrected chi connectivity index (χ2v) is 6.93. The Morgan fingerprint density at radius 3 is 2.88 bits per heavy atom. The molecule has 0 fully saturated rings. The molecule has 1 N–H and O–H groups in total. The van der Waals surface area contributed by atoms with Crippen LogP contribution in [0.4, 0.5) is 9.93 Å². The van der Waals surface area contributed by atoms with Crippen molar-refractivity contribution >= 4 is 28.5 Å². The van der Waals surface area contributed by atoms with Gasteiger partial charge in [0.05, 0.1) is 19.3 Å². The van der Waals surface area contributed by atoms with Crippen LogP contribution in [0.15, 0.2) is 18.2 Å². The lowest BCUT2D eigenvalue weighted by Crippen LogP contribution is -2.35. The van der Waals surface area contributed by atoms with Crippen molar-refractivity contribution in [3.63, 3.8) is 0 Å². The van der Waals surface area contributed by atoms with Gasteiger partial charge in [0.2, 0.25) is 0 Å². The van der Waals surface area contributed by atoms with Crippen LogP contribution < -0.4 is 14.8 Å². The zero-order valence-electron chi connectivity index (χ0n) is 14.1. The van der Waals surface area contributed by atoms with Crippen LogP contribution in [-0.4, -0.2) is 48.8 Å². The topological polar surface area (TPSA) is 90.0 Å². The Bertz CT molecular complexity index is 866. The highest BCUT2D eigenvalue weighted by Crippen LogP contribution is 2.32. The van der Waals surface area contributed by atoms with Gasteiger partial charge in [0.15, 0.2) is 16.6 Å². The van der Waals surface area contributed by atoms with E-state index in [0.717, 1.165) is 10.6 Å². The number of benzene rings is 1. The Hall–Kier alpha value is -2.81. The highest BCUT2D eigenvalue weighted by atomic mass is 32.1. The highest BCUT2D eigenvalue weighted by Gasteiger charge is 2.25. The van der Waals surface area contributed by atoms with E-state index in [-0.39, 0.29) is 12.0 Å². The minimum Gasteiger partial charge on any atom is -0.486 e. The van der Waals surface area contributed by atoms with Crippen molar-refractivity contribution in [1.29, 1.82) is 0 Å². The molecule has 0 unspecified atom stereocenters. The number of carbonyl (C=O) groups is 2. The largest absolute Gasteiger partial charge is 0.486 e. The molecule has 0 aliphatic carbocycles. The number of thiazole rings is 1. The van der Waals surface area contributed by atoms with Gasteiger partial charge in [-0.3, -0.25) is 10.1 Å². The molecule has 0 bridgehead atoms. The van der Waals surface area contributed by atoms with Crippen molar-refractivity contribution in [3.8, 4) is 11.5 Å². The molecule has 8 nitrogen and oxygen atoms in total. The fraction of sp³-hybridized carbons (Fsp3) is 0.353. The molecule has 0 saturated heterocycles. The van der Waals surface area contributed by atoms with Gasteiger partial charge in [0, 0.05) is 23.4 Å². The number of carbonyl (C=O) groups excluding carboxylic acids is 2. The molecule has 2 aromatic rings. The Morgan fingerprint density at radius 1 is 1.27 bits per heavy atom. The van der Waals surface area contributed by atoms with Crippen LogP contribution in [-0.2, 0) is 17.7 Å². The Balaban J connectivity index is 1.47. The molecule has 1 aromatic carbocycles.